The Balaban J connectivity index is 2.83. The van der Waals surface area contributed by atoms with E-state index in [9.17, 15) is 9.59 Å². The molecule has 0 heterocycles. The molecule has 0 amide bonds. The number of carbonyl (C=O) groups is 2. The molecule has 1 aliphatic carbocycles. The molecule has 0 aromatic rings. The maximum Gasteiger partial charge on any atom is 0.307 e. The van der Waals surface area contributed by atoms with Gasteiger partial charge in [-0.1, -0.05) is 5.57 Å². The number of aliphatic carboxylic acids is 1. The van der Waals surface area contributed by atoms with Gasteiger partial charge in [-0.05, 0) is 6.42 Å². The van der Waals surface area contributed by atoms with Gasteiger partial charge in [0.2, 0.25) is 0 Å². The summed E-state index contributed by atoms with van der Waals surface area (Å²) < 4.78 is 0. The monoisotopic (exact) mass is 178 g/mol. The molecule has 0 aliphatic heterocycles. The average Bonchev–Trinajstić information content (AvgIpc) is 2.35. The molecule has 0 aromatic carbocycles. The third-order valence-electron chi connectivity index (χ3n) is 2.06. The Morgan fingerprint density at radius 3 is 2.77 bits per heavy atom. The van der Waals surface area contributed by atoms with Crippen molar-refractivity contribution in [1.29, 1.82) is 0 Å². The topological polar surface area (TPSA) is 54.4 Å². The van der Waals surface area contributed by atoms with Crippen LogP contribution >= 0.6 is 0 Å². The van der Waals surface area contributed by atoms with Crippen LogP contribution in [0.25, 0.3) is 0 Å². The first kappa shape index (κ1) is 9.53. The van der Waals surface area contributed by atoms with Crippen molar-refractivity contribution in [3.63, 3.8) is 0 Å². The van der Waals surface area contributed by atoms with E-state index in [0.717, 1.165) is 0 Å². The average molecular weight is 178 g/mol. The molecule has 3 heteroatoms. The summed E-state index contributed by atoms with van der Waals surface area (Å²) in [6.07, 6.45) is 6.27. The van der Waals surface area contributed by atoms with Crippen molar-refractivity contribution >= 4 is 11.8 Å². The third-order valence-corrected chi connectivity index (χ3v) is 2.06. The van der Waals surface area contributed by atoms with Crippen LogP contribution in [0.4, 0.5) is 0 Å². The molecule has 0 unspecified atom stereocenters. The zero-order chi connectivity index (χ0) is 9.84. The molecule has 0 fully saturated rings. The fraction of sp³-hybridized carbons (Fsp3) is 0.400. The number of rotatable bonds is 3. The SMILES string of the molecule is C#CCC1=C(CC(=O)O)CCC1=O. The predicted octanol–water partition coefficient (Wildman–Crippen LogP) is 1.14. The third kappa shape index (κ3) is 2.19. The lowest BCUT2D eigenvalue weighted by atomic mass is 10.1. The zero-order valence-electron chi connectivity index (χ0n) is 7.17. The van der Waals surface area contributed by atoms with Gasteiger partial charge in [-0.25, -0.2) is 0 Å². The van der Waals surface area contributed by atoms with Crippen LogP contribution in [-0.2, 0) is 9.59 Å². The number of allylic oxidation sites excluding steroid dienone is 1. The van der Waals surface area contributed by atoms with E-state index in [1.807, 2.05) is 0 Å². The van der Waals surface area contributed by atoms with Crippen LogP contribution < -0.4 is 0 Å². The summed E-state index contributed by atoms with van der Waals surface area (Å²) in [6, 6.07) is 0. The summed E-state index contributed by atoms with van der Waals surface area (Å²) in [5, 5.41) is 8.55. The summed E-state index contributed by atoms with van der Waals surface area (Å²) in [5.41, 5.74) is 1.25. The van der Waals surface area contributed by atoms with Crippen LogP contribution in [0, 0.1) is 12.3 Å². The van der Waals surface area contributed by atoms with Gasteiger partial charge in [0, 0.05) is 18.4 Å². The maximum atomic E-state index is 11.2. The van der Waals surface area contributed by atoms with Crippen molar-refractivity contribution in [2.75, 3.05) is 0 Å². The van der Waals surface area contributed by atoms with Gasteiger partial charge < -0.3 is 5.11 Å². The minimum absolute atomic E-state index is 0.00852. The van der Waals surface area contributed by atoms with Crippen molar-refractivity contribution < 1.29 is 14.7 Å². The van der Waals surface area contributed by atoms with Gasteiger partial charge in [-0.3, -0.25) is 9.59 Å². The molecule has 3 nitrogen and oxygen atoms in total. The molecule has 1 rings (SSSR count). The molecule has 13 heavy (non-hydrogen) atoms. The molecule has 1 aliphatic rings. The summed E-state index contributed by atoms with van der Waals surface area (Å²) in [6.45, 7) is 0. The molecule has 0 saturated heterocycles. The Labute approximate surface area is 76.4 Å². The summed E-state index contributed by atoms with van der Waals surface area (Å²) in [7, 11) is 0. The number of Topliss-reactive ketones (excluding diaryl/α,β-unsaturated/α-hetero) is 1. The smallest absolute Gasteiger partial charge is 0.307 e. The highest BCUT2D eigenvalue weighted by Crippen LogP contribution is 2.27. The van der Waals surface area contributed by atoms with E-state index in [2.05, 4.69) is 5.92 Å². The first-order valence-electron chi connectivity index (χ1n) is 4.04. The standard InChI is InChI=1S/C10H10O3/c1-2-3-8-7(6-10(12)13)4-5-9(8)11/h1H,3-6H2,(H,12,13). The van der Waals surface area contributed by atoms with Crippen LogP contribution in [0.15, 0.2) is 11.1 Å². The van der Waals surface area contributed by atoms with Crippen molar-refractivity contribution in [2.45, 2.75) is 25.7 Å². The second-order valence-electron chi connectivity index (χ2n) is 2.96. The summed E-state index contributed by atoms with van der Waals surface area (Å²) >= 11 is 0. The van der Waals surface area contributed by atoms with Crippen molar-refractivity contribution in [3.05, 3.63) is 11.1 Å². The van der Waals surface area contributed by atoms with E-state index in [1.165, 1.54) is 0 Å². The van der Waals surface area contributed by atoms with Crippen molar-refractivity contribution in [2.24, 2.45) is 0 Å². The minimum Gasteiger partial charge on any atom is -0.481 e. The largest absolute Gasteiger partial charge is 0.481 e. The van der Waals surface area contributed by atoms with Crippen LogP contribution in [0.2, 0.25) is 0 Å². The highest BCUT2D eigenvalue weighted by Gasteiger charge is 2.23. The number of ketones is 1. The van der Waals surface area contributed by atoms with Gasteiger partial charge in [-0.2, -0.15) is 0 Å². The van der Waals surface area contributed by atoms with Gasteiger partial charge in [0.1, 0.15) is 0 Å². The van der Waals surface area contributed by atoms with Gasteiger partial charge in [-0.15, -0.1) is 12.3 Å². The normalized spacial score (nSPS) is 16.1. The van der Waals surface area contributed by atoms with E-state index in [1.54, 1.807) is 0 Å². The quantitative estimate of drug-likeness (QED) is 0.659. The lowest BCUT2D eigenvalue weighted by Gasteiger charge is -1.98. The number of terminal acetylenes is 1. The zero-order valence-corrected chi connectivity index (χ0v) is 7.17. The van der Waals surface area contributed by atoms with E-state index in [-0.39, 0.29) is 18.6 Å². The maximum absolute atomic E-state index is 11.2. The van der Waals surface area contributed by atoms with Gasteiger partial charge in [0.05, 0.1) is 6.42 Å². The number of hydrogen-bond donors (Lipinski definition) is 1. The lowest BCUT2D eigenvalue weighted by Crippen LogP contribution is -1.99. The minimum atomic E-state index is -0.903. The fourth-order valence-electron chi connectivity index (χ4n) is 1.47. The van der Waals surface area contributed by atoms with Crippen molar-refractivity contribution in [1.82, 2.24) is 0 Å². The van der Waals surface area contributed by atoms with Gasteiger partial charge in [0.25, 0.3) is 0 Å². The molecule has 0 radical (unpaired) electrons. The molecular formula is C10H10O3. The molecule has 0 spiro atoms. The van der Waals surface area contributed by atoms with Crippen LogP contribution in [0.5, 0.6) is 0 Å². The molecule has 0 atom stereocenters. The molecule has 0 bridgehead atoms. The van der Waals surface area contributed by atoms with Crippen molar-refractivity contribution in [3.8, 4) is 12.3 Å². The summed E-state index contributed by atoms with van der Waals surface area (Å²) in [5.74, 6) is 1.48. The highest BCUT2D eigenvalue weighted by molar-refractivity contribution is 5.99. The molecule has 0 aromatic heterocycles. The predicted molar refractivity (Wildman–Crippen MR) is 47.0 cm³/mol. The van der Waals surface area contributed by atoms with Crippen LogP contribution in [0.3, 0.4) is 0 Å². The first-order valence-corrected chi connectivity index (χ1v) is 4.04. The second-order valence-corrected chi connectivity index (χ2v) is 2.96. The van der Waals surface area contributed by atoms with E-state index in [0.29, 0.717) is 24.0 Å². The Hall–Kier alpha value is -1.56. The second kappa shape index (κ2) is 3.90. The number of carboxylic acid groups (broad SMARTS) is 1. The molecule has 68 valence electrons. The van der Waals surface area contributed by atoms with Crippen LogP contribution in [-0.4, -0.2) is 16.9 Å². The fourth-order valence-corrected chi connectivity index (χ4v) is 1.47. The first-order chi connectivity index (χ1) is 6.15. The summed E-state index contributed by atoms with van der Waals surface area (Å²) in [4.78, 5) is 21.6. The number of carboxylic acids is 1. The van der Waals surface area contributed by atoms with E-state index >= 15 is 0 Å². The number of carbonyl (C=O) groups excluding carboxylic acids is 1. The lowest BCUT2D eigenvalue weighted by molar-refractivity contribution is -0.136. The van der Waals surface area contributed by atoms with Gasteiger partial charge >= 0.3 is 5.97 Å². The number of hydrogen-bond acceptors (Lipinski definition) is 2. The van der Waals surface area contributed by atoms with E-state index < -0.39 is 5.97 Å². The molecular weight excluding hydrogens is 168 g/mol. The highest BCUT2D eigenvalue weighted by atomic mass is 16.4. The van der Waals surface area contributed by atoms with Gasteiger partial charge in [0.15, 0.2) is 5.78 Å². The van der Waals surface area contributed by atoms with Crippen LogP contribution in [0.1, 0.15) is 25.7 Å². The Bertz CT molecular complexity index is 318. The Morgan fingerprint density at radius 2 is 2.23 bits per heavy atom. The molecule has 1 N–H and O–H groups in total. The van der Waals surface area contributed by atoms with E-state index in [4.69, 9.17) is 11.5 Å². The Morgan fingerprint density at radius 1 is 1.54 bits per heavy atom. The molecule has 0 saturated carbocycles. The Kier molecular flexibility index (Phi) is 2.86.